The van der Waals surface area contributed by atoms with Crippen LogP contribution in [0.3, 0.4) is 0 Å². The van der Waals surface area contributed by atoms with Crippen molar-refractivity contribution in [3.63, 3.8) is 0 Å². The van der Waals surface area contributed by atoms with Crippen LogP contribution in [-0.2, 0) is 0 Å². The van der Waals surface area contributed by atoms with Gasteiger partial charge in [-0.2, -0.15) is 0 Å². The van der Waals surface area contributed by atoms with Gasteiger partial charge in [0, 0.05) is 16.1 Å². The molecule has 13 heavy (non-hydrogen) atoms. The van der Waals surface area contributed by atoms with Crippen LogP contribution in [0.5, 0.6) is 0 Å². The highest BCUT2D eigenvalue weighted by molar-refractivity contribution is 9.10. The molecule has 1 aromatic rings. The molecule has 0 aliphatic carbocycles. The van der Waals surface area contributed by atoms with Crippen molar-refractivity contribution in [3.05, 3.63) is 34.1 Å². The van der Waals surface area contributed by atoms with Crippen LogP contribution in [0.4, 0.5) is 4.39 Å². The van der Waals surface area contributed by atoms with Crippen LogP contribution in [0.2, 0.25) is 0 Å². The lowest BCUT2D eigenvalue weighted by Crippen LogP contribution is -2.17. The number of halogens is 2. The molecule has 0 aliphatic rings. The van der Waals surface area contributed by atoms with Crippen LogP contribution in [-0.4, -0.2) is 7.05 Å². The Morgan fingerprint density at radius 1 is 1.54 bits per heavy atom. The van der Waals surface area contributed by atoms with Crippen LogP contribution in [0, 0.1) is 5.82 Å². The summed E-state index contributed by atoms with van der Waals surface area (Å²) in [5, 5.41) is 3.08. The van der Waals surface area contributed by atoms with Gasteiger partial charge in [-0.15, -0.1) is 0 Å². The SMILES string of the molecule is CCC(NC)c1c(F)cccc1Br. The summed E-state index contributed by atoms with van der Waals surface area (Å²) in [5.41, 5.74) is 0.715. The largest absolute Gasteiger partial charge is 0.313 e. The zero-order valence-corrected chi connectivity index (χ0v) is 9.36. The molecular weight excluding hydrogens is 233 g/mol. The zero-order valence-electron chi connectivity index (χ0n) is 7.77. The minimum atomic E-state index is -0.157. The van der Waals surface area contributed by atoms with E-state index in [0.717, 1.165) is 10.9 Å². The Morgan fingerprint density at radius 2 is 2.23 bits per heavy atom. The van der Waals surface area contributed by atoms with E-state index in [0.29, 0.717) is 5.56 Å². The molecule has 0 radical (unpaired) electrons. The fraction of sp³-hybridized carbons (Fsp3) is 0.400. The summed E-state index contributed by atoms with van der Waals surface area (Å²) in [4.78, 5) is 0. The fourth-order valence-corrected chi connectivity index (χ4v) is 2.01. The van der Waals surface area contributed by atoms with Gasteiger partial charge in [0.15, 0.2) is 0 Å². The predicted octanol–water partition coefficient (Wildman–Crippen LogP) is 3.26. The van der Waals surface area contributed by atoms with Crippen molar-refractivity contribution >= 4 is 15.9 Å². The van der Waals surface area contributed by atoms with E-state index in [1.807, 2.05) is 20.0 Å². The van der Waals surface area contributed by atoms with Crippen LogP contribution in [0.1, 0.15) is 24.9 Å². The molecule has 0 aromatic heterocycles. The van der Waals surface area contributed by atoms with Gasteiger partial charge in [-0.05, 0) is 25.6 Å². The third kappa shape index (κ3) is 2.29. The lowest BCUT2D eigenvalue weighted by atomic mass is 10.0. The second-order valence-electron chi connectivity index (χ2n) is 2.88. The molecule has 0 saturated carbocycles. The maximum Gasteiger partial charge on any atom is 0.129 e. The van der Waals surface area contributed by atoms with Crippen molar-refractivity contribution < 1.29 is 4.39 Å². The summed E-state index contributed by atoms with van der Waals surface area (Å²) in [6.07, 6.45) is 0.871. The van der Waals surface area contributed by atoms with Gasteiger partial charge in [-0.1, -0.05) is 28.9 Å². The summed E-state index contributed by atoms with van der Waals surface area (Å²) in [6, 6.07) is 5.12. The molecule has 3 heteroatoms. The molecule has 0 saturated heterocycles. The molecule has 0 aliphatic heterocycles. The van der Waals surface area contributed by atoms with Gasteiger partial charge in [0.25, 0.3) is 0 Å². The average molecular weight is 246 g/mol. The van der Waals surface area contributed by atoms with Crippen molar-refractivity contribution in [2.75, 3.05) is 7.05 Å². The monoisotopic (exact) mass is 245 g/mol. The summed E-state index contributed by atoms with van der Waals surface area (Å²) in [5.74, 6) is -0.157. The normalized spacial score (nSPS) is 12.9. The van der Waals surface area contributed by atoms with E-state index in [2.05, 4.69) is 21.2 Å². The second kappa shape index (κ2) is 4.72. The van der Waals surface area contributed by atoms with E-state index in [1.165, 1.54) is 6.07 Å². The van der Waals surface area contributed by atoms with Crippen LogP contribution in [0.25, 0.3) is 0 Å². The first kappa shape index (κ1) is 10.7. The first-order valence-electron chi connectivity index (χ1n) is 4.31. The number of benzene rings is 1. The second-order valence-corrected chi connectivity index (χ2v) is 3.74. The highest BCUT2D eigenvalue weighted by atomic mass is 79.9. The number of nitrogens with one attached hydrogen (secondary N) is 1. The Morgan fingerprint density at radius 3 is 2.69 bits per heavy atom. The minimum Gasteiger partial charge on any atom is -0.313 e. The van der Waals surface area contributed by atoms with Crippen molar-refractivity contribution in [2.24, 2.45) is 0 Å². The Labute approximate surface area is 86.5 Å². The number of rotatable bonds is 3. The van der Waals surface area contributed by atoms with E-state index in [9.17, 15) is 4.39 Å². The molecule has 1 unspecified atom stereocenters. The van der Waals surface area contributed by atoms with Crippen LogP contribution >= 0.6 is 15.9 Å². The third-order valence-electron chi connectivity index (χ3n) is 2.10. The van der Waals surface area contributed by atoms with Gasteiger partial charge in [0.05, 0.1) is 0 Å². The van der Waals surface area contributed by atoms with E-state index in [1.54, 1.807) is 6.07 Å². The molecule has 72 valence electrons. The van der Waals surface area contributed by atoms with Crippen LogP contribution in [0.15, 0.2) is 22.7 Å². The third-order valence-corrected chi connectivity index (χ3v) is 2.80. The minimum absolute atomic E-state index is 0.0792. The first-order valence-corrected chi connectivity index (χ1v) is 5.11. The summed E-state index contributed by atoms with van der Waals surface area (Å²) in [7, 11) is 1.84. The van der Waals surface area contributed by atoms with Gasteiger partial charge < -0.3 is 5.32 Å². The fourth-order valence-electron chi connectivity index (χ4n) is 1.40. The van der Waals surface area contributed by atoms with Crippen molar-refractivity contribution in [3.8, 4) is 0 Å². The predicted molar refractivity (Wildman–Crippen MR) is 56.2 cm³/mol. The summed E-state index contributed by atoms with van der Waals surface area (Å²) < 4.78 is 14.2. The van der Waals surface area contributed by atoms with Gasteiger partial charge in [-0.25, -0.2) is 4.39 Å². The maximum absolute atomic E-state index is 13.4. The lowest BCUT2D eigenvalue weighted by Gasteiger charge is -2.16. The first-order chi connectivity index (χ1) is 6.20. The van der Waals surface area contributed by atoms with E-state index < -0.39 is 0 Å². The van der Waals surface area contributed by atoms with E-state index in [-0.39, 0.29) is 11.9 Å². The molecule has 1 rings (SSSR count). The van der Waals surface area contributed by atoms with E-state index >= 15 is 0 Å². The van der Waals surface area contributed by atoms with Crippen molar-refractivity contribution in [1.29, 1.82) is 0 Å². The van der Waals surface area contributed by atoms with Gasteiger partial charge in [-0.3, -0.25) is 0 Å². The van der Waals surface area contributed by atoms with Gasteiger partial charge in [0.2, 0.25) is 0 Å². The van der Waals surface area contributed by atoms with Gasteiger partial charge >= 0.3 is 0 Å². The Kier molecular flexibility index (Phi) is 3.88. The van der Waals surface area contributed by atoms with Gasteiger partial charge in [0.1, 0.15) is 5.82 Å². The molecule has 1 aromatic carbocycles. The smallest absolute Gasteiger partial charge is 0.129 e. The molecular formula is C10H13BrFN. The molecule has 1 nitrogen and oxygen atoms in total. The molecule has 0 amide bonds. The average Bonchev–Trinajstić information content (AvgIpc) is 2.11. The maximum atomic E-state index is 13.4. The molecule has 0 spiro atoms. The molecule has 1 atom stereocenters. The Balaban J connectivity index is 3.10. The number of hydrogen-bond donors (Lipinski definition) is 1. The summed E-state index contributed by atoms with van der Waals surface area (Å²) >= 11 is 3.35. The number of hydrogen-bond acceptors (Lipinski definition) is 1. The Hall–Kier alpha value is -0.410. The standard InChI is InChI=1S/C10H13BrFN/c1-3-9(13-2)10-7(11)5-4-6-8(10)12/h4-6,9,13H,3H2,1-2H3. The lowest BCUT2D eigenvalue weighted by molar-refractivity contribution is 0.523. The zero-order chi connectivity index (χ0) is 9.84. The van der Waals surface area contributed by atoms with Crippen molar-refractivity contribution in [2.45, 2.75) is 19.4 Å². The summed E-state index contributed by atoms with van der Waals surface area (Å²) in [6.45, 7) is 2.03. The Bertz CT molecular complexity index is 264. The molecule has 0 fully saturated rings. The molecule has 0 bridgehead atoms. The molecule has 1 N–H and O–H groups in total. The van der Waals surface area contributed by atoms with Crippen LogP contribution < -0.4 is 5.32 Å². The highest BCUT2D eigenvalue weighted by Crippen LogP contribution is 2.27. The topological polar surface area (TPSA) is 12.0 Å². The highest BCUT2D eigenvalue weighted by Gasteiger charge is 2.14. The quantitative estimate of drug-likeness (QED) is 0.863. The van der Waals surface area contributed by atoms with Crippen molar-refractivity contribution in [1.82, 2.24) is 5.32 Å². The molecule has 0 heterocycles. The van der Waals surface area contributed by atoms with E-state index in [4.69, 9.17) is 0 Å².